The van der Waals surface area contributed by atoms with Gasteiger partial charge in [-0.15, -0.1) is 0 Å². The third-order valence-electron chi connectivity index (χ3n) is 6.91. The normalized spacial score (nSPS) is 12.9. The summed E-state index contributed by atoms with van der Waals surface area (Å²) >= 11 is 0. The van der Waals surface area contributed by atoms with Crippen molar-refractivity contribution in [1.82, 2.24) is 9.88 Å². The monoisotopic (exact) mass is 531 g/mol. The number of aromatic hydroxyl groups is 1. The van der Waals surface area contributed by atoms with Crippen molar-refractivity contribution < 1.29 is 28.6 Å². The van der Waals surface area contributed by atoms with Gasteiger partial charge in [0.15, 0.2) is 8.32 Å². The molecule has 0 saturated heterocycles. The lowest BCUT2D eigenvalue weighted by molar-refractivity contribution is 0.0982. The maximum absolute atomic E-state index is 14.3. The number of halogens is 1. The Kier molecular flexibility index (Phi) is 7.89. The van der Waals surface area contributed by atoms with Gasteiger partial charge in [0.05, 0.1) is 37.5 Å². The Morgan fingerprint density at radius 2 is 1.89 bits per heavy atom. The first-order valence-electron chi connectivity index (χ1n) is 11.8. The van der Waals surface area contributed by atoms with Crippen molar-refractivity contribution in [2.24, 2.45) is 0 Å². The molecule has 0 saturated carbocycles. The number of nitrogens with two attached hydrogens (primary N) is 1. The van der Waals surface area contributed by atoms with E-state index in [1.54, 1.807) is 12.1 Å². The van der Waals surface area contributed by atoms with Gasteiger partial charge in [-0.25, -0.2) is 9.18 Å². The number of anilines is 1. The van der Waals surface area contributed by atoms with Gasteiger partial charge < -0.3 is 35.0 Å². The lowest BCUT2D eigenvalue weighted by Crippen LogP contribution is -2.44. The average Bonchev–Trinajstić information content (AvgIpc) is 2.79. The van der Waals surface area contributed by atoms with Crippen molar-refractivity contribution in [2.75, 3.05) is 19.4 Å². The number of methoxy groups -OCH3 is 1. The summed E-state index contributed by atoms with van der Waals surface area (Å²) in [5.74, 6) is -0.525. The van der Waals surface area contributed by atoms with Crippen LogP contribution in [0, 0.1) is 5.82 Å². The molecule has 2 aromatic carbocycles. The summed E-state index contributed by atoms with van der Waals surface area (Å²) in [6.07, 6.45) is -1.99. The molecule has 0 radical (unpaired) electrons. The lowest BCUT2D eigenvalue weighted by Gasteiger charge is -2.40. The Morgan fingerprint density at radius 1 is 1.22 bits per heavy atom. The predicted molar refractivity (Wildman–Crippen MR) is 143 cm³/mol. The SMILES string of the molecule is COc1cc(N)c(F)cc1CN(C[C@H](O[Si](C)(C)C(C)(C)C)c1ccc(O)c2[nH]c(=O)ccc12)C(=O)O. The summed E-state index contributed by atoms with van der Waals surface area (Å²) in [6, 6.07) is 8.50. The Hall–Kier alpha value is -3.57. The van der Waals surface area contributed by atoms with E-state index >= 15 is 0 Å². The number of benzene rings is 2. The summed E-state index contributed by atoms with van der Waals surface area (Å²) in [4.78, 5) is 28.1. The third-order valence-corrected chi connectivity index (χ3v) is 11.4. The van der Waals surface area contributed by atoms with Gasteiger partial charge in [0.25, 0.3) is 0 Å². The summed E-state index contributed by atoms with van der Waals surface area (Å²) in [6.45, 7) is 10.0. The summed E-state index contributed by atoms with van der Waals surface area (Å²) in [7, 11) is -1.05. The van der Waals surface area contributed by atoms with E-state index < -0.39 is 26.3 Å². The quantitative estimate of drug-likeness (QED) is 0.231. The van der Waals surface area contributed by atoms with E-state index in [0.717, 1.165) is 11.0 Å². The van der Waals surface area contributed by atoms with Gasteiger partial charge in [-0.2, -0.15) is 0 Å². The van der Waals surface area contributed by atoms with Crippen molar-refractivity contribution >= 4 is 31.0 Å². The number of carbonyl (C=O) groups is 1. The first-order valence-corrected chi connectivity index (χ1v) is 14.7. The first kappa shape index (κ1) is 28.0. The molecule has 9 nitrogen and oxygen atoms in total. The van der Waals surface area contributed by atoms with Crippen molar-refractivity contribution in [1.29, 1.82) is 0 Å². The molecular formula is C26H34FN3O6Si. The first-order chi connectivity index (χ1) is 17.1. The number of ether oxygens (including phenoxy) is 1. The fraction of sp³-hybridized carbons (Fsp3) is 0.385. The fourth-order valence-electron chi connectivity index (χ4n) is 3.81. The molecule has 0 spiro atoms. The van der Waals surface area contributed by atoms with Crippen LogP contribution in [-0.2, 0) is 11.0 Å². The summed E-state index contributed by atoms with van der Waals surface area (Å²) in [5.41, 5.74) is 6.31. The van der Waals surface area contributed by atoms with E-state index in [1.807, 2.05) is 13.1 Å². The molecule has 0 fully saturated rings. The highest BCUT2D eigenvalue weighted by Crippen LogP contribution is 2.41. The topological polar surface area (TPSA) is 138 Å². The van der Waals surface area contributed by atoms with E-state index in [9.17, 15) is 24.2 Å². The number of amides is 1. The second-order valence-electron chi connectivity index (χ2n) is 10.5. The number of nitrogen functional groups attached to an aromatic ring is 1. The second kappa shape index (κ2) is 10.4. The number of aromatic nitrogens is 1. The molecule has 0 unspecified atom stereocenters. The molecule has 0 aliphatic rings. The number of H-pyrrole nitrogens is 1. The van der Waals surface area contributed by atoms with Crippen LogP contribution in [0.3, 0.4) is 0 Å². The third kappa shape index (κ3) is 6.05. The predicted octanol–water partition coefficient (Wildman–Crippen LogP) is 5.21. The molecule has 37 heavy (non-hydrogen) atoms. The van der Waals surface area contributed by atoms with Crippen LogP contribution in [0.1, 0.15) is 38.0 Å². The van der Waals surface area contributed by atoms with E-state index in [-0.39, 0.29) is 46.4 Å². The number of aromatic amines is 1. The van der Waals surface area contributed by atoms with Crippen LogP contribution in [0.15, 0.2) is 41.2 Å². The molecule has 3 rings (SSSR count). The number of phenols is 1. The van der Waals surface area contributed by atoms with Crippen LogP contribution in [0.2, 0.25) is 18.1 Å². The van der Waals surface area contributed by atoms with Crippen molar-refractivity contribution in [3.63, 3.8) is 0 Å². The Balaban J connectivity index is 2.12. The van der Waals surface area contributed by atoms with Gasteiger partial charge >= 0.3 is 6.09 Å². The van der Waals surface area contributed by atoms with E-state index in [1.165, 1.54) is 25.3 Å². The molecule has 3 aromatic rings. The lowest BCUT2D eigenvalue weighted by atomic mass is 10.0. The maximum atomic E-state index is 14.3. The van der Waals surface area contributed by atoms with Crippen LogP contribution in [-0.4, -0.2) is 48.2 Å². The molecule has 0 aliphatic heterocycles. The van der Waals surface area contributed by atoms with Crippen molar-refractivity contribution in [2.45, 2.75) is 51.6 Å². The van der Waals surface area contributed by atoms with E-state index in [2.05, 4.69) is 25.8 Å². The number of hydrogen-bond donors (Lipinski definition) is 4. The second-order valence-corrected chi connectivity index (χ2v) is 15.3. The van der Waals surface area contributed by atoms with E-state index in [4.69, 9.17) is 14.9 Å². The number of nitrogens with one attached hydrogen (secondary N) is 1. The molecule has 0 aliphatic carbocycles. The zero-order chi connectivity index (χ0) is 27.7. The van der Waals surface area contributed by atoms with Crippen LogP contribution >= 0.6 is 0 Å². The Bertz CT molecular complexity index is 1370. The Labute approximate surface area is 215 Å². The number of hydrogen-bond acceptors (Lipinski definition) is 6. The molecule has 1 aromatic heterocycles. The van der Waals surface area contributed by atoms with Gasteiger partial charge in [0, 0.05) is 23.1 Å². The van der Waals surface area contributed by atoms with Crippen LogP contribution < -0.4 is 16.0 Å². The minimum Gasteiger partial charge on any atom is -0.506 e. The standard InChI is InChI=1S/C26H34FN3O6Si/c1-26(2,3)37(5,6)36-22(16-7-9-20(31)24-17(16)8-10-23(32)29-24)14-30(25(33)34)13-15-11-18(27)19(28)12-21(15)35-4/h7-12,22,31H,13-14,28H2,1-6H3,(H,29,32)(H,33,34)/t22-/m0/s1. The molecule has 0 bridgehead atoms. The molecular weight excluding hydrogens is 497 g/mol. The maximum Gasteiger partial charge on any atom is 0.407 e. The highest BCUT2D eigenvalue weighted by molar-refractivity contribution is 6.74. The fourth-order valence-corrected chi connectivity index (χ4v) is 5.08. The molecule has 1 atom stereocenters. The van der Waals surface area contributed by atoms with Gasteiger partial charge in [-0.1, -0.05) is 26.8 Å². The summed E-state index contributed by atoms with van der Waals surface area (Å²) < 4.78 is 26.3. The largest absolute Gasteiger partial charge is 0.506 e. The van der Waals surface area contributed by atoms with Gasteiger partial charge in [-0.05, 0) is 41.9 Å². The average molecular weight is 532 g/mol. The Morgan fingerprint density at radius 3 is 2.49 bits per heavy atom. The number of phenolic OH excluding ortho intramolecular Hbond substituents is 1. The zero-order valence-corrected chi connectivity index (χ0v) is 22.9. The van der Waals surface area contributed by atoms with Crippen molar-refractivity contribution in [3.8, 4) is 11.5 Å². The van der Waals surface area contributed by atoms with Crippen LogP contribution in [0.4, 0.5) is 14.9 Å². The molecule has 200 valence electrons. The van der Waals surface area contributed by atoms with Crippen LogP contribution in [0.5, 0.6) is 11.5 Å². The zero-order valence-electron chi connectivity index (χ0n) is 21.9. The smallest absolute Gasteiger partial charge is 0.407 e. The van der Waals surface area contributed by atoms with Crippen molar-refractivity contribution in [3.05, 3.63) is 63.7 Å². The molecule has 1 heterocycles. The molecule has 11 heteroatoms. The van der Waals surface area contributed by atoms with Gasteiger partial charge in [0.2, 0.25) is 5.56 Å². The highest BCUT2D eigenvalue weighted by atomic mass is 28.4. The summed E-state index contributed by atoms with van der Waals surface area (Å²) in [5, 5.41) is 20.8. The number of fused-ring (bicyclic) bond motifs is 1. The highest BCUT2D eigenvalue weighted by Gasteiger charge is 2.40. The molecule has 1 amide bonds. The van der Waals surface area contributed by atoms with Gasteiger partial charge in [0.1, 0.15) is 17.3 Å². The molecule has 5 N–H and O–H groups in total. The van der Waals surface area contributed by atoms with Crippen LogP contribution in [0.25, 0.3) is 10.9 Å². The number of rotatable bonds is 8. The minimum absolute atomic E-state index is 0.101. The number of nitrogens with zero attached hydrogens (tertiary/aromatic N) is 1. The number of pyridine rings is 1. The van der Waals surface area contributed by atoms with E-state index in [0.29, 0.717) is 16.5 Å². The number of carboxylic acid groups (broad SMARTS) is 1. The minimum atomic E-state index is -2.45. The van der Waals surface area contributed by atoms with Gasteiger partial charge in [-0.3, -0.25) is 4.79 Å².